The molecule has 1 N–H and O–H groups in total. The average molecular weight is 176 g/mol. The molecule has 68 valence electrons. The van der Waals surface area contributed by atoms with E-state index in [1.165, 1.54) is 6.92 Å². The predicted octanol–water partition coefficient (Wildman–Crippen LogP) is 1.75. The lowest BCUT2D eigenvalue weighted by Crippen LogP contribution is -2.86. The number of rotatable bonds is 1. The Balaban J connectivity index is 2.40. The summed E-state index contributed by atoms with van der Waals surface area (Å²) in [4.78, 5) is 10.6. The summed E-state index contributed by atoms with van der Waals surface area (Å²) in [6.45, 7) is 3.05. The van der Waals surface area contributed by atoms with Gasteiger partial charge in [0.15, 0.2) is 0 Å². The molecule has 0 spiro atoms. The second kappa shape index (κ2) is 1.52. The minimum atomic E-state index is -2.99. The first-order chi connectivity index (χ1) is 5.31. The third kappa shape index (κ3) is 0.379. The lowest BCUT2D eigenvalue weighted by atomic mass is 9.27. The van der Waals surface area contributed by atoms with Crippen LogP contribution in [0.25, 0.3) is 0 Å². The fourth-order valence-electron chi connectivity index (χ4n) is 2.78. The fourth-order valence-corrected chi connectivity index (χ4v) is 2.78. The van der Waals surface area contributed by atoms with Crippen LogP contribution in [0, 0.1) is 16.7 Å². The van der Waals surface area contributed by atoms with Crippen LogP contribution in [0.4, 0.5) is 8.78 Å². The molecule has 0 saturated heterocycles. The van der Waals surface area contributed by atoms with E-state index in [4.69, 9.17) is 5.11 Å². The van der Waals surface area contributed by atoms with E-state index in [0.29, 0.717) is 0 Å². The SMILES string of the molecule is C[C@H]1C2(C)CC1(C(=O)O)C2(F)F. The minimum absolute atomic E-state index is 0.128. The van der Waals surface area contributed by atoms with Crippen LogP contribution in [0.5, 0.6) is 0 Å². The predicted molar refractivity (Wildman–Crippen MR) is 36.9 cm³/mol. The van der Waals surface area contributed by atoms with Gasteiger partial charge in [-0.1, -0.05) is 13.8 Å². The van der Waals surface area contributed by atoms with Gasteiger partial charge in [0.05, 0.1) is 0 Å². The van der Waals surface area contributed by atoms with Crippen molar-refractivity contribution < 1.29 is 18.7 Å². The first-order valence-electron chi connectivity index (χ1n) is 3.92. The zero-order valence-electron chi connectivity index (χ0n) is 6.90. The summed E-state index contributed by atoms with van der Waals surface area (Å²) in [5.74, 6) is -4.73. The fraction of sp³-hybridized carbons (Fsp3) is 0.875. The average Bonchev–Trinajstić information content (AvgIpc) is 1.98. The van der Waals surface area contributed by atoms with Gasteiger partial charge in [-0.3, -0.25) is 4.79 Å². The van der Waals surface area contributed by atoms with Gasteiger partial charge >= 0.3 is 5.97 Å². The Bertz CT molecular complexity index is 276. The lowest BCUT2D eigenvalue weighted by Gasteiger charge is -2.76. The minimum Gasteiger partial charge on any atom is -0.481 e. The van der Waals surface area contributed by atoms with E-state index in [2.05, 4.69) is 0 Å². The van der Waals surface area contributed by atoms with Gasteiger partial charge in [-0.2, -0.15) is 0 Å². The standard InChI is InChI=1S/C8H10F2O2/c1-4-6(2)3-7(4,5(11)12)8(6,9)10/h4H,3H2,1-2H3,(H,11,12)/t4-,6?,7?/m0/s1. The summed E-state index contributed by atoms with van der Waals surface area (Å²) in [5, 5.41) is 8.67. The maximum atomic E-state index is 13.1. The normalized spacial score (nSPS) is 53.8. The Hall–Kier alpha value is -0.670. The van der Waals surface area contributed by atoms with Gasteiger partial charge in [0.2, 0.25) is 0 Å². The molecule has 3 atom stereocenters. The number of hydrogen-bond acceptors (Lipinski definition) is 1. The van der Waals surface area contributed by atoms with E-state index in [-0.39, 0.29) is 6.42 Å². The van der Waals surface area contributed by atoms with Crippen LogP contribution in [0.3, 0.4) is 0 Å². The molecule has 2 unspecified atom stereocenters. The van der Waals surface area contributed by atoms with E-state index in [0.717, 1.165) is 0 Å². The van der Waals surface area contributed by atoms with Crippen molar-refractivity contribution in [2.24, 2.45) is 16.7 Å². The van der Waals surface area contributed by atoms with Crippen LogP contribution in [-0.2, 0) is 4.79 Å². The van der Waals surface area contributed by atoms with Gasteiger partial charge in [-0.25, -0.2) is 8.78 Å². The number of carboxylic acids is 1. The Morgan fingerprint density at radius 1 is 1.58 bits per heavy atom. The van der Waals surface area contributed by atoms with E-state index in [9.17, 15) is 13.6 Å². The summed E-state index contributed by atoms with van der Waals surface area (Å²) in [6, 6.07) is 0. The highest BCUT2D eigenvalue weighted by Crippen LogP contribution is 2.84. The summed E-state index contributed by atoms with van der Waals surface area (Å²) >= 11 is 0. The third-order valence-electron chi connectivity index (χ3n) is 4.00. The molecule has 0 heterocycles. The van der Waals surface area contributed by atoms with Gasteiger partial charge in [0.1, 0.15) is 5.41 Å². The van der Waals surface area contributed by atoms with Crippen LogP contribution in [0.15, 0.2) is 0 Å². The molecule has 12 heavy (non-hydrogen) atoms. The quantitative estimate of drug-likeness (QED) is 0.660. The summed E-state index contributed by atoms with van der Waals surface area (Å²) in [6.07, 6.45) is 0.128. The molecule has 3 fully saturated rings. The van der Waals surface area contributed by atoms with Gasteiger partial charge < -0.3 is 5.11 Å². The second-order valence-corrected chi connectivity index (χ2v) is 4.17. The second-order valence-electron chi connectivity index (χ2n) is 4.17. The zero-order chi connectivity index (χ0) is 9.36. The van der Waals surface area contributed by atoms with Gasteiger partial charge in [0, 0.05) is 5.41 Å². The van der Waals surface area contributed by atoms with Gasteiger partial charge in [0.25, 0.3) is 5.92 Å². The monoisotopic (exact) mass is 176 g/mol. The van der Waals surface area contributed by atoms with E-state index in [1.807, 2.05) is 0 Å². The smallest absolute Gasteiger partial charge is 0.316 e. The third-order valence-corrected chi connectivity index (χ3v) is 4.00. The molecular weight excluding hydrogens is 166 g/mol. The molecule has 0 aromatic rings. The first-order valence-corrected chi connectivity index (χ1v) is 3.92. The van der Waals surface area contributed by atoms with Crippen LogP contribution >= 0.6 is 0 Å². The zero-order valence-corrected chi connectivity index (χ0v) is 6.90. The number of carbonyl (C=O) groups is 1. The van der Waals surface area contributed by atoms with Crippen molar-refractivity contribution in [1.29, 1.82) is 0 Å². The highest BCUT2D eigenvalue weighted by molar-refractivity contribution is 5.82. The number of halogens is 2. The molecule has 0 amide bonds. The van der Waals surface area contributed by atoms with Gasteiger partial charge in [-0.15, -0.1) is 0 Å². The molecule has 0 aliphatic heterocycles. The molecule has 0 aromatic carbocycles. The van der Waals surface area contributed by atoms with Crippen molar-refractivity contribution in [2.75, 3.05) is 0 Å². The highest BCUT2D eigenvalue weighted by Gasteiger charge is 2.93. The maximum Gasteiger partial charge on any atom is 0.316 e. The van der Waals surface area contributed by atoms with Crippen LogP contribution in [-0.4, -0.2) is 17.0 Å². The molecule has 2 bridgehead atoms. The first kappa shape index (κ1) is 7.95. The highest BCUT2D eigenvalue weighted by atomic mass is 19.3. The summed E-state index contributed by atoms with van der Waals surface area (Å²) in [7, 11) is 0. The molecule has 3 aliphatic rings. The topological polar surface area (TPSA) is 37.3 Å². The van der Waals surface area contributed by atoms with Crippen LogP contribution < -0.4 is 0 Å². The van der Waals surface area contributed by atoms with Crippen molar-refractivity contribution in [3.63, 3.8) is 0 Å². The number of alkyl halides is 2. The van der Waals surface area contributed by atoms with Crippen molar-refractivity contribution in [3.05, 3.63) is 0 Å². The Morgan fingerprint density at radius 2 is 2.08 bits per heavy atom. The lowest BCUT2D eigenvalue weighted by molar-refractivity contribution is -0.429. The molecule has 4 heteroatoms. The molecule has 0 radical (unpaired) electrons. The number of hydrogen-bond donors (Lipinski definition) is 1. The van der Waals surface area contributed by atoms with Crippen molar-refractivity contribution in [1.82, 2.24) is 0 Å². The van der Waals surface area contributed by atoms with Crippen molar-refractivity contribution in [2.45, 2.75) is 26.2 Å². The molecule has 3 saturated carbocycles. The van der Waals surface area contributed by atoms with Crippen LogP contribution in [0.2, 0.25) is 0 Å². The number of aliphatic carboxylic acids is 1. The Morgan fingerprint density at radius 3 is 2.25 bits per heavy atom. The Labute approximate surface area is 68.6 Å². The van der Waals surface area contributed by atoms with Gasteiger partial charge in [-0.05, 0) is 12.3 Å². The molecular formula is C8H10F2O2. The molecule has 0 aromatic heterocycles. The van der Waals surface area contributed by atoms with E-state index < -0.39 is 28.6 Å². The van der Waals surface area contributed by atoms with Crippen LogP contribution in [0.1, 0.15) is 20.3 Å². The Kier molecular flexibility index (Phi) is 1.01. The molecule has 3 aliphatic carbocycles. The van der Waals surface area contributed by atoms with Crippen molar-refractivity contribution >= 4 is 5.97 Å². The molecule has 2 nitrogen and oxygen atoms in total. The molecule has 3 rings (SSSR count). The summed E-state index contributed by atoms with van der Waals surface area (Å²) in [5.41, 5.74) is -2.78. The number of carboxylic acid groups (broad SMARTS) is 1. The maximum absolute atomic E-state index is 13.1. The van der Waals surface area contributed by atoms with E-state index in [1.54, 1.807) is 6.92 Å². The largest absolute Gasteiger partial charge is 0.481 e. The van der Waals surface area contributed by atoms with E-state index >= 15 is 0 Å². The summed E-state index contributed by atoms with van der Waals surface area (Å²) < 4.78 is 26.3. The van der Waals surface area contributed by atoms with Crippen molar-refractivity contribution in [3.8, 4) is 0 Å².